The van der Waals surface area contributed by atoms with Crippen LogP contribution in [0.3, 0.4) is 0 Å². The van der Waals surface area contributed by atoms with E-state index in [1.54, 1.807) is 17.0 Å². The predicted molar refractivity (Wildman–Crippen MR) is 87.6 cm³/mol. The number of amides is 1. The Morgan fingerprint density at radius 2 is 2.05 bits per heavy atom. The minimum atomic E-state index is 0.113. The molecular formula is C17H28N2O2. The molecule has 0 aliphatic rings. The lowest BCUT2D eigenvalue weighted by Crippen LogP contribution is -2.31. The monoisotopic (exact) mass is 292 g/mol. The summed E-state index contributed by atoms with van der Waals surface area (Å²) in [5.74, 6) is 0.820. The lowest BCUT2D eigenvalue weighted by atomic mass is 9.96. The van der Waals surface area contributed by atoms with E-state index in [9.17, 15) is 9.90 Å². The average Bonchev–Trinajstić information content (AvgIpc) is 2.47. The number of hydrogen-bond donors (Lipinski definition) is 2. The van der Waals surface area contributed by atoms with Crippen LogP contribution < -0.4 is 10.6 Å². The van der Waals surface area contributed by atoms with Gasteiger partial charge in [0.15, 0.2) is 0 Å². The molecule has 1 atom stereocenters. The molecule has 0 aliphatic heterocycles. The number of aromatic hydroxyl groups is 1. The summed E-state index contributed by atoms with van der Waals surface area (Å²) in [5.41, 5.74) is 7.40. The molecule has 1 unspecified atom stereocenters. The molecule has 1 amide bonds. The second-order valence-electron chi connectivity index (χ2n) is 5.50. The van der Waals surface area contributed by atoms with E-state index in [0.29, 0.717) is 25.4 Å². The lowest BCUT2D eigenvalue weighted by Gasteiger charge is -2.24. The van der Waals surface area contributed by atoms with Gasteiger partial charge >= 0.3 is 0 Å². The Bertz CT molecular complexity index is 460. The van der Waals surface area contributed by atoms with Crippen molar-refractivity contribution in [2.75, 3.05) is 18.0 Å². The van der Waals surface area contributed by atoms with E-state index < -0.39 is 0 Å². The zero-order valence-electron chi connectivity index (χ0n) is 13.4. The number of nitrogens with zero attached hydrogens (tertiary/aromatic N) is 1. The molecule has 1 aromatic rings. The number of rotatable bonds is 8. The second kappa shape index (κ2) is 8.67. The fourth-order valence-electron chi connectivity index (χ4n) is 2.62. The molecule has 0 saturated heterocycles. The van der Waals surface area contributed by atoms with E-state index in [4.69, 9.17) is 5.73 Å². The number of nitrogens with two attached hydrogens (primary N) is 1. The quantitative estimate of drug-likeness (QED) is 0.773. The van der Waals surface area contributed by atoms with Gasteiger partial charge in [-0.25, -0.2) is 0 Å². The Balaban J connectivity index is 2.75. The topological polar surface area (TPSA) is 66.6 Å². The van der Waals surface area contributed by atoms with Crippen LogP contribution in [0, 0.1) is 12.8 Å². The number of anilines is 1. The summed E-state index contributed by atoms with van der Waals surface area (Å²) in [7, 11) is 0. The van der Waals surface area contributed by atoms with Gasteiger partial charge in [-0.1, -0.05) is 19.4 Å². The summed E-state index contributed by atoms with van der Waals surface area (Å²) >= 11 is 0. The van der Waals surface area contributed by atoms with Crippen molar-refractivity contribution in [1.29, 1.82) is 0 Å². The van der Waals surface area contributed by atoms with E-state index >= 15 is 0 Å². The van der Waals surface area contributed by atoms with Crippen molar-refractivity contribution in [2.45, 2.75) is 46.5 Å². The highest BCUT2D eigenvalue weighted by Gasteiger charge is 2.17. The van der Waals surface area contributed by atoms with Crippen LogP contribution in [-0.4, -0.2) is 24.1 Å². The molecule has 0 saturated carbocycles. The lowest BCUT2D eigenvalue weighted by molar-refractivity contribution is -0.118. The van der Waals surface area contributed by atoms with Crippen molar-refractivity contribution in [3.63, 3.8) is 0 Å². The number of carbonyl (C=O) groups excluding carboxylic acids is 1. The molecule has 0 spiro atoms. The average molecular weight is 292 g/mol. The van der Waals surface area contributed by atoms with Crippen LogP contribution in [0.15, 0.2) is 18.2 Å². The Hall–Kier alpha value is -1.55. The number of hydrogen-bond acceptors (Lipinski definition) is 3. The molecule has 1 aromatic carbocycles. The Labute approximate surface area is 128 Å². The fourth-order valence-corrected chi connectivity index (χ4v) is 2.62. The highest BCUT2D eigenvalue weighted by Crippen LogP contribution is 2.26. The van der Waals surface area contributed by atoms with E-state index in [1.165, 1.54) is 0 Å². The maximum absolute atomic E-state index is 12.5. The standard InChI is InChI=1S/C17H28N2O2/c1-4-14(10-11-18)7-9-17(21)19(5-2)16-12-15(20)8-6-13(16)3/h6,8,12,14,20H,4-5,7,9-11,18H2,1-3H3. The van der Waals surface area contributed by atoms with Crippen LogP contribution in [0.1, 0.15) is 45.1 Å². The largest absolute Gasteiger partial charge is 0.508 e. The second-order valence-corrected chi connectivity index (χ2v) is 5.50. The van der Waals surface area contributed by atoms with Gasteiger partial charge < -0.3 is 15.7 Å². The van der Waals surface area contributed by atoms with E-state index in [0.717, 1.165) is 30.5 Å². The number of phenolic OH excluding ortho intramolecular Hbond substituents is 1. The van der Waals surface area contributed by atoms with Gasteiger partial charge in [-0.05, 0) is 50.8 Å². The van der Waals surface area contributed by atoms with E-state index in [2.05, 4.69) is 6.92 Å². The van der Waals surface area contributed by atoms with Crippen LogP contribution in [0.25, 0.3) is 0 Å². The summed E-state index contributed by atoms with van der Waals surface area (Å²) in [6.45, 7) is 7.33. The van der Waals surface area contributed by atoms with Crippen LogP contribution >= 0.6 is 0 Å². The summed E-state index contributed by atoms with van der Waals surface area (Å²) in [4.78, 5) is 14.2. The van der Waals surface area contributed by atoms with Crippen LogP contribution in [0.5, 0.6) is 5.75 Å². The molecule has 4 heteroatoms. The summed E-state index contributed by atoms with van der Waals surface area (Å²) in [5, 5.41) is 9.64. The first-order valence-corrected chi connectivity index (χ1v) is 7.83. The molecule has 4 nitrogen and oxygen atoms in total. The molecule has 21 heavy (non-hydrogen) atoms. The van der Waals surface area contributed by atoms with Crippen molar-refractivity contribution < 1.29 is 9.90 Å². The molecule has 0 bridgehead atoms. The van der Waals surface area contributed by atoms with Crippen LogP contribution in [-0.2, 0) is 4.79 Å². The smallest absolute Gasteiger partial charge is 0.226 e. The zero-order chi connectivity index (χ0) is 15.8. The maximum atomic E-state index is 12.5. The SMILES string of the molecule is CCC(CCN)CCC(=O)N(CC)c1cc(O)ccc1C. The van der Waals surface area contributed by atoms with E-state index in [1.807, 2.05) is 19.9 Å². The van der Waals surface area contributed by atoms with Gasteiger partial charge in [0.05, 0.1) is 5.69 Å². The fraction of sp³-hybridized carbons (Fsp3) is 0.588. The van der Waals surface area contributed by atoms with Crippen molar-refractivity contribution in [3.8, 4) is 5.75 Å². The van der Waals surface area contributed by atoms with Crippen molar-refractivity contribution in [2.24, 2.45) is 11.7 Å². The Morgan fingerprint density at radius 1 is 1.33 bits per heavy atom. The summed E-state index contributed by atoms with van der Waals surface area (Å²) in [6, 6.07) is 5.14. The Morgan fingerprint density at radius 3 is 2.62 bits per heavy atom. The molecule has 1 rings (SSSR count). The Kier molecular flexibility index (Phi) is 7.23. The third-order valence-corrected chi connectivity index (χ3v) is 4.02. The molecule has 3 N–H and O–H groups in total. The van der Waals surface area contributed by atoms with Gasteiger partial charge in [-0.15, -0.1) is 0 Å². The first-order valence-electron chi connectivity index (χ1n) is 7.83. The molecule has 0 radical (unpaired) electrons. The highest BCUT2D eigenvalue weighted by atomic mass is 16.3. The number of aryl methyl sites for hydroxylation is 1. The van der Waals surface area contributed by atoms with E-state index in [-0.39, 0.29) is 11.7 Å². The summed E-state index contributed by atoms with van der Waals surface area (Å²) in [6.07, 6.45) is 3.44. The van der Waals surface area contributed by atoms with Gasteiger partial charge in [0.25, 0.3) is 0 Å². The summed E-state index contributed by atoms with van der Waals surface area (Å²) < 4.78 is 0. The minimum Gasteiger partial charge on any atom is -0.508 e. The first kappa shape index (κ1) is 17.5. The number of carbonyl (C=O) groups is 1. The van der Waals surface area contributed by atoms with Gasteiger partial charge in [0, 0.05) is 19.0 Å². The molecule has 0 aliphatic carbocycles. The molecule has 0 aromatic heterocycles. The number of benzene rings is 1. The van der Waals surface area contributed by atoms with Gasteiger partial charge in [-0.2, -0.15) is 0 Å². The molecule has 118 valence electrons. The molecular weight excluding hydrogens is 264 g/mol. The zero-order valence-corrected chi connectivity index (χ0v) is 13.4. The molecule has 0 fully saturated rings. The molecule has 0 heterocycles. The first-order chi connectivity index (χ1) is 10.0. The van der Waals surface area contributed by atoms with Crippen LogP contribution in [0.2, 0.25) is 0 Å². The normalized spacial score (nSPS) is 12.2. The third kappa shape index (κ3) is 5.05. The van der Waals surface area contributed by atoms with Crippen LogP contribution in [0.4, 0.5) is 5.69 Å². The number of phenols is 1. The van der Waals surface area contributed by atoms with Crippen molar-refractivity contribution >= 4 is 11.6 Å². The van der Waals surface area contributed by atoms with Gasteiger partial charge in [0.1, 0.15) is 5.75 Å². The van der Waals surface area contributed by atoms with Crippen molar-refractivity contribution in [3.05, 3.63) is 23.8 Å². The highest BCUT2D eigenvalue weighted by molar-refractivity contribution is 5.94. The van der Waals surface area contributed by atoms with Crippen molar-refractivity contribution in [1.82, 2.24) is 0 Å². The maximum Gasteiger partial charge on any atom is 0.226 e. The van der Waals surface area contributed by atoms with Gasteiger partial charge in [0.2, 0.25) is 5.91 Å². The predicted octanol–water partition coefficient (Wildman–Crippen LogP) is 3.21. The third-order valence-electron chi connectivity index (χ3n) is 4.02. The minimum absolute atomic E-state index is 0.113. The van der Waals surface area contributed by atoms with Gasteiger partial charge in [-0.3, -0.25) is 4.79 Å².